The smallest absolute Gasteiger partial charge is 0.145 e. The second kappa shape index (κ2) is 11.2. The number of anilines is 6. The van der Waals surface area contributed by atoms with Crippen molar-refractivity contribution in [1.82, 2.24) is 0 Å². The maximum atomic E-state index is 10.8. The van der Waals surface area contributed by atoms with Gasteiger partial charge >= 0.3 is 0 Å². The zero-order valence-electron chi connectivity index (χ0n) is 23.9. The minimum absolute atomic E-state index is 0.0421. The predicted molar refractivity (Wildman–Crippen MR) is 161 cm³/mol. The number of hydrogen-bond donors (Lipinski definition) is 6. The third-order valence-corrected chi connectivity index (χ3v) is 8.54. The molecule has 0 radical (unpaired) electrons. The number of benzene rings is 3. The molecule has 0 saturated carbocycles. The lowest BCUT2D eigenvalue weighted by atomic mass is 10.1. The predicted octanol–water partition coefficient (Wildman–Crippen LogP) is 2.34. The van der Waals surface area contributed by atoms with E-state index in [4.69, 9.17) is 0 Å². The molecule has 0 amide bonds. The molecule has 2 heterocycles. The molecule has 39 heavy (non-hydrogen) atoms. The molecule has 8 heteroatoms. The number of phenolic OH excluding ortho intramolecular Hbond substituents is 2. The molecular formula is C31H44N6O2+2. The van der Waals surface area contributed by atoms with Crippen LogP contribution in [0.5, 0.6) is 11.5 Å². The Balaban J connectivity index is 1.28. The molecule has 208 valence electrons. The van der Waals surface area contributed by atoms with Crippen molar-refractivity contribution < 1.29 is 20.0 Å². The highest BCUT2D eigenvalue weighted by Gasteiger charge is 2.28. The molecule has 8 nitrogen and oxygen atoms in total. The molecule has 2 saturated heterocycles. The molecular weight excluding hydrogens is 488 g/mol. The molecule has 2 atom stereocenters. The molecule has 3 aromatic rings. The van der Waals surface area contributed by atoms with E-state index in [0.717, 1.165) is 37.6 Å². The lowest BCUT2D eigenvalue weighted by Crippen LogP contribution is -3.10. The highest BCUT2D eigenvalue weighted by molar-refractivity contribution is 5.80. The van der Waals surface area contributed by atoms with Gasteiger partial charge in [0.05, 0.1) is 52.7 Å². The highest BCUT2D eigenvalue weighted by atomic mass is 16.3. The normalized spacial score (nSPS) is 19.4. The first-order valence-corrected chi connectivity index (χ1v) is 14.1. The van der Waals surface area contributed by atoms with Crippen molar-refractivity contribution in [3.8, 4) is 11.5 Å². The Hall–Kier alpha value is -3.62. The summed E-state index contributed by atoms with van der Waals surface area (Å²) in [6.45, 7) is 6.01. The number of quaternary nitrogens is 2. The fourth-order valence-corrected chi connectivity index (χ4v) is 5.74. The van der Waals surface area contributed by atoms with E-state index in [-0.39, 0.29) is 11.5 Å². The van der Waals surface area contributed by atoms with Gasteiger partial charge in [0.25, 0.3) is 0 Å². The Labute approximate surface area is 232 Å². The fourth-order valence-electron chi connectivity index (χ4n) is 5.74. The van der Waals surface area contributed by atoms with Crippen LogP contribution in [0.3, 0.4) is 0 Å². The van der Waals surface area contributed by atoms with E-state index < -0.39 is 0 Å². The standard InChI is InChI=1S/C31H42N6O2/c1-21-30(38)28(32-22-6-10-24(11-7-22)36-16-14-26(19-36)34(2)3)18-29(31(21)39)33-23-8-12-25(13-9-23)37-17-15-27(20-37)35(4)5/h6-13,18,26-27,32-33,38-39H,14-17,19-20H2,1-5H3/p+2. The molecule has 2 unspecified atom stereocenters. The van der Waals surface area contributed by atoms with E-state index in [1.54, 1.807) is 13.0 Å². The summed E-state index contributed by atoms with van der Waals surface area (Å²) in [5.41, 5.74) is 5.72. The van der Waals surface area contributed by atoms with Gasteiger partial charge in [0, 0.05) is 54.2 Å². The summed E-state index contributed by atoms with van der Waals surface area (Å²) >= 11 is 0. The SMILES string of the molecule is Cc1c(O)c(Nc2ccc(N3CCC([NH+](C)C)C3)cc2)cc(Nc2ccc(N3CCC([NH+](C)C)C3)cc2)c1O. The van der Waals surface area contributed by atoms with E-state index in [1.807, 2.05) is 24.3 Å². The summed E-state index contributed by atoms with van der Waals surface area (Å²) in [4.78, 5) is 7.87. The van der Waals surface area contributed by atoms with Crippen LogP contribution >= 0.6 is 0 Å². The van der Waals surface area contributed by atoms with Gasteiger partial charge < -0.3 is 40.4 Å². The fraction of sp³-hybridized carbons (Fsp3) is 0.419. The average Bonchev–Trinajstić information content (AvgIpc) is 3.62. The van der Waals surface area contributed by atoms with E-state index in [1.165, 1.54) is 34.0 Å². The van der Waals surface area contributed by atoms with Gasteiger partial charge in [0.1, 0.15) is 23.6 Å². The van der Waals surface area contributed by atoms with Gasteiger partial charge in [-0.2, -0.15) is 0 Å². The van der Waals surface area contributed by atoms with E-state index in [2.05, 4.69) is 72.9 Å². The van der Waals surface area contributed by atoms with Crippen molar-refractivity contribution in [2.75, 3.05) is 74.8 Å². The van der Waals surface area contributed by atoms with Crippen LogP contribution in [0.4, 0.5) is 34.1 Å². The molecule has 3 aromatic carbocycles. The monoisotopic (exact) mass is 532 g/mol. The summed E-state index contributed by atoms with van der Waals surface area (Å²) in [6, 6.07) is 19.8. The van der Waals surface area contributed by atoms with Crippen LogP contribution in [0.2, 0.25) is 0 Å². The molecule has 0 aromatic heterocycles. The Morgan fingerprint density at radius 2 is 1.05 bits per heavy atom. The summed E-state index contributed by atoms with van der Waals surface area (Å²) in [5.74, 6) is 0.0841. The number of aromatic hydroxyl groups is 2. The zero-order valence-corrected chi connectivity index (χ0v) is 23.9. The number of likely N-dealkylation sites (N-methyl/N-ethyl adjacent to an activating group) is 2. The first-order valence-electron chi connectivity index (χ1n) is 14.1. The number of nitrogens with zero attached hydrogens (tertiary/aromatic N) is 2. The van der Waals surface area contributed by atoms with Crippen molar-refractivity contribution in [2.24, 2.45) is 0 Å². The largest absolute Gasteiger partial charge is 0.505 e. The van der Waals surface area contributed by atoms with Crippen LogP contribution in [0.15, 0.2) is 54.6 Å². The van der Waals surface area contributed by atoms with Crippen molar-refractivity contribution in [2.45, 2.75) is 31.8 Å². The van der Waals surface area contributed by atoms with Gasteiger partial charge in [-0.15, -0.1) is 0 Å². The molecule has 5 rings (SSSR count). The lowest BCUT2D eigenvalue weighted by molar-refractivity contribution is -0.882. The first kappa shape index (κ1) is 27.0. The zero-order chi connectivity index (χ0) is 27.7. The maximum Gasteiger partial charge on any atom is 0.145 e. The van der Waals surface area contributed by atoms with Crippen LogP contribution < -0.4 is 30.2 Å². The second-order valence-electron chi connectivity index (χ2n) is 11.7. The van der Waals surface area contributed by atoms with Gasteiger partial charge in [-0.3, -0.25) is 0 Å². The Morgan fingerprint density at radius 1 is 0.667 bits per heavy atom. The molecule has 2 aliphatic heterocycles. The van der Waals surface area contributed by atoms with Crippen LogP contribution in [0.1, 0.15) is 18.4 Å². The first-order chi connectivity index (χ1) is 18.7. The highest BCUT2D eigenvalue weighted by Crippen LogP contribution is 2.42. The molecule has 2 aliphatic rings. The maximum absolute atomic E-state index is 10.8. The van der Waals surface area contributed by atoms with Crippen LogP contribution in [-0.4, -0.2) is 76.7 Å². The van der Waals surface area contributed by atoms with Gasteiger partial charge in [-0.25, -0.2) is 0 Å². The van der Waals surface area contributed by atoms with E-state index in [9.17, 15) is 10.2 Å². The van der Waals surface area contributed by atoms with Gasteiger partial charge in [-0.05, 0) is 61.5 Å². The number of hydrogen-bond acceptors (Lipinski definition) is 6. The van der Waals surface area contributed by atoms with Crippen LogP contribution in [0, 0.1) is 6.92 Å². The van der Waals surface area contributed by atoms with Crippen LogP contribution in [0.25, 0.3) is 0 Å². The molecule has 0 aliphatic carbocycles. The van der Waals surface area contributed by atoms with Gasteiger partial charge in [0.2, 0.25) is 0 Å². The van der Waals surface area contributed by atoms with Crippen molar-refractivity contribution >= 4 is 34.1 Å². The Morgan fingerprint density at radius 3 is 1.38 bits per heavy atom. The van der Waals surface area contributed by atoms with Gasteiger partial charge in [0.15, 0.2) is 0 Å². The summed E-state index contributed by atoms with van der Waals surface area (Å²) in [7, 11) is 8.89. The van der Waals surface area contributed by atoms with Crippen molar-refractivity contribution in [3.05, 3.63) is 60.2 Å². The second-order valence-corrected chi connectivity index (χ2v) is 11.7. The molecule has 2 fully saturated rings. The number of phenols is 2. The minimum atomic E-state index is 0.0421. The van der Waals surface area contributed by atoms with Crippen molar-refractivity contribution in [1.29, 1.82) is 0 Å². The summed E-state index contributed by atoms with van der Waals surface area (Å²) in [5, 5.41) is 28.3. The third kappa shape index (κ3) is 5.87. The Bertz CT molecular complexity index is 1180. The van der Waals surface area contributed by atoms with Gasteiger partial charge in [-0.1, -0.05) is 0 Å². The third-order valence-electron chi connectivity index (χ3n) is 8.54. The topological polar surface area (TPSA) is 79.9 Å². The van der Waals surface area contributed by atoms with Crippen LogP contribution in [-0.2, 0) is 0 Å². The lowest BCUT2D eigenvalue weighted by Gasteiger charge is -2.21. The average molecular weight is 533 g/mol. The molecule has 0 bridgehead atoms. The Kier molecular flexibility index (Phi) is 7.77. The summed E-state index contributed by atoms with van der Waals surface area (Å²) < 4.78 is 0. The summed E-state index contributed by atoms with van der Waals surface area (Å²) in [6.07, 6.45) is 2.41. The quantitative estimate of drug-likeness (QED) is 0.198. The number of rotatable bonds is 8. The van der Waals surface area contributed by atoms with E-state index >= 15 is 0 Å². The molecule has 6 N–H and O–H groups in total. The molecule has 0 spiro atoms. The minimum Gasteiger partial charge on any atom is -0.505 e. The van der Waals surface area contributed by atoms with E-state index in [0.29, 0.717) is 29.0 Å². The number of nitrogens with one attached hydrogen (secondary N) is 4. The van der Waals surface area contributed by atoms with Crippen molar-refractivity contribution in [3.63, 3.8) is 0 Å².